The fourth-order valence-corrected chi connectivity index (χ4v) is 3.26. The molecule has 3 nitrogen and oxygen atoms in total. The van der Waals surface area contributed by atoms with Crippen LogP contribution in [0.1, 0.15) is 54.6 Å². The molecular weight excluding hydrogens is 250 g/mol. The summed E-state index contributed by atoms with van der Waals surface area (Å²) in [5, 5.41) is 12.8. The van der Waals surface area contributed by atoms with Crippen molar-refractivity contribution in [1.82, 2.24) is 5.32 Å². The first-order valence-corrected chi connectivity index (χ1v) is 7.59. The number of amides is 1. The predicted octanol–water partition coefficient (Wildman–Crippen LogP) is 2.45. The maximum Gasteiger partial charge on any atom is 0.251 e. The standard InChI is InChI=1S/C17H23NO2/c1-17(2)14(10-15(17)19)18-16(20)13-8-7-11-5-3-4-6-12(11)9-13/h7-9,14-15,19H,3-6,10H2,1-2H3,(H,18,20). The number of rotatable bonds is 2. The molecule has 3 heteroatoms. The molecule has 0 aromatic heterocycles. The maximum absolute atomic E-state index is 12.3. The minimum Gasteiger partial charge on any atom is -0.392 e. The van der Waals surface area contributed by atoms with Crippen LogP contribution >= 0.6 is 0 Å². The van der Waals surface area contributed by atoms with Crippen LogP contribution in [0.5, 0.6) is 0 Å². The van der Waals surface area contributed by atoms with Crippen molar-refractivity contribution in [2.24, 2.45) is 5.41 Å². The van der Waals surface area contributed by atoms with Gasteiger partial charge < -0.3 is 10.4 Å². The van der Waals surface area contributed by atoms with Gasteiger partial charge in [0.15, 0.2) is 0 Å². The molecule has 0 radical (unpaired) electrons. The van der Waals surface area contributed by atoms with E-state index in [1.807, 2.05) is 26.0 Å². The van der Waals surface area contributed by atoms with E-state index in [9.17, 15) is 9.90 Å². The van der Waals surface area contributed by atoms with Gasteiger partial charge in [-0.25, -0.2) is 0 Å². The van der Waals surface area contributed by atoms with E-state index in [2.05, 4.69) is 11.4 Å². The first-order valence-electron chi connectivity index (χ1n) is 7.59. The third kappa shape index (κ3) is 2.24. The molecule has 0 bridgehead atoms. The Morgan fingerprint density at radius 2 is 1.95 bits per heavy atom. The predicted molar refractivity (Wildman–Crippen MR) is 78.7 cm³/mol. The number of carbonyl (C=O) groups excluding carboxylic acids is 1. The number of fused-ring (bicyclic) bond motifs is 1. The van der Waals surface area contributed by atoms with Gasteiger partial charge in [0.05, 0.1) is 6.10 Å². The third-order valence-electron chi connectivity index (χ3n) is 5.13. The molecule has 2 unspecified atom stereocenters. The van der Waals surface area contributed by atoms with Gasteiger partial charge >= 0.3 is 0 Å². The van der Waals surface area contributed by atoms with Crippen molar-refractivity contribution >= 4 is 5.91 Å². The second-order valence-corrected chi connectivity index (χ2v) is 6.79. The number of hydrogen-bond donors (Lipinski definition) is 2. The van der Waals surface area contributed by atoms with E-state index in [1.165, 1.54) is 24.0 Å². The Morgan fingerprint density at radius 1 is 1.25 bits per heavy atom. The Morgan fingerprint density at radius 3 is 2.60 bits per heavy atom. The van der Waals surface area contributed by atoms with Gasteiger partial charge in [0, 0.05) is 17.0 Å². The second kappa shape index (κ2) is 4.88. The van der Waals surface area contributed by atoms with Crippen molar-refractivity contribution in [3.63, 3.8) is 0 Å². The van der Waals surface area contributed by atoms with Crippen LogP contribution in [0.15, 0.2) is 18.2 Å². The first-order chi connectivity index (χ1) is 9.48. The minimum absolute atomic E-state index is 0.0108. The normalized spacial score (nSPS) is 27.4. The summed E-state index contributed by atoms with van der Waals surface area (Å²) < 4.78 is 0. The van der Waals surface area contributed by atoms with Crippen LogP contribution in [0.25, 0.3) is 0 Å². The molecule has 0 spiro atoms. The highest BCUT2D eigenvalue weighted by molar-refractivity contribution is 5.94. The molecule has 0 saturated heterocycles. The Labute approximate surface area is 120 Å². The van der Waals surface area contributed by atoms with Crippen molar-refractivity contribution in [1.29, 1.82) is 0 Å². The van der Waals surface area contributed by atoms with Gasteiger partial charge in [-0.15, -0.1) is 0 Å². The number of aliphatic hydroxyl groups is 1. The highest BCUT2D eigenvalue weighted by atomic mass is 16.3. The Hall–Kier alpha value is -1.35. The number of benzene rings is 1. The Balaban J connectivity index is 1.72. The number of nitrogens with one attached hydrogen (secondary N) is 1. The van der Waals surface area contributed by atoms with E-state index in [4.69, 9.17) is 0 Å². The largest absolute Gasteiger partial charge is 0.392 e. The van der Waals surface area contributed by atoms with Crippen molar-refractivity contribution in [2.45, 2.75) is 58.1 Å². The van der Waals surface area contributed by atoms with Crippen LogP contribution in [-0.2, 0) is 12.8 Å². The summed E-state index contributed by atoms with van der Waals surface area (Å²) in [6.07, 6.45) is 5.05. The molecule has 1 saturated carbocycles. The molecular formula is C17H23NO2. The summed E-state index contributed by atoms with van der Waals surface area (Å²) in [6, 6.07) is 6.15. The third-order valence-corrected chi connectivity index (χ3v) is 5.13. The molecule has 2 aliphatic carbocycles. The highest BCUT2D eigenvalue weighted by Crippen LogP contribution is 2.40. The smallest absolute Gasteiger partial charge is 0.251 e. The molecule has 1 aromatic rings. The average Bonchev–Trinajstić information content (AvgIpc) is 2.46. The minimum atomic E-state index is -0.309. The van der Waals surface area contributed by atoms with Crippen molar-refractivity contribution in [3.8, 4) is 0 Å². The monoisotopic (exact) mass is 273 g/mol. The summed E-state index contributed by atoms with van der Waals surface area (Å²) >= 11 is 0. The fourth-order valence-electron chi connectivity index (χ4n) is 3.26. The van der Waals surface area contributed by atoms with Gasteiger partial charge in [0.25, 0.3) is 5.91 Å². The van der Waals surface area contributed by atoms with Crippen molar-refractivity contribution in [2.75, 3.05) is 0 Å². The summed E-state index contributed by atoms with van der Waals surface area (Å²) in [5.41, 5.74) is 3.26. The SMILES string of the molecule is CC1(C)C(O)CC1NC(=O)c1ccc2c(c1)CCCC2. The molecule has 108 valence electrons. The Kier molecular flexibility index (Phi) is 3.33. The van der Waals surface area contributed by atoms with Gasteiger partial charge in [0.2, 0.25) is 0 Å². The number of aliphatic hydroxyl groups excluding tert-OH is 1. The lowest BCUT2D eigenvalue weighted by molar-refractivity contribution is -0.0689. The van der Waals surface area contributed by atoms with Gasteiger partial charge in [-0.1, -0.05) is 19.9 Å². The first kappa shape index (κ1) is 13.6. The summed E-state index contributed by atoms with van der Waals surface area (Å²) in [5.74, 6) is -0.0108. The highest BCUT2D eigenvalue weighted by Gasteiger charge is 2.47. The van der Waals surface area contributed by atoms with Crippen LogP contribution in [0.2, 0.25) is 0 Å². The second-order valence-electron chi connectivity index (χ2n) is 6.79. The van der Waals surface area contributed by atoms with Gasteiger partial charge in [-0.2, -0.15) is 0 Å². The molecule has 2 aliphatic rings. The molecule has 20 heavy (non-hydrogen) atoms. The lowest BCUT2D eigenvalue weighted by Gasteiger charge is -2.49. The van der Waals surface area contributed by atoms with Crippen LogP contribution in [0.4, 0.5) is 0 Å². The van der Waals surface area contributed by atoms with E-state index in [1.54, 1.807) is 0 Å². The molecule has 1 fully saturated rings. The summed E-state index contributed by atoms with van der Waals surface area (Å²) in [7, 11) is 0. The summed E-state index contributed by atoms with van der Waals surface area (Å²) in [4.78, 5) is 12.3. The maximum atomic E-state index is 12.3. The molecule has 1 amide bonds. The zero-order valence-electron chi connectivity index (χ0n) is 12.3. The molecule has 0 aliphatic heterocycles. The fraction of sp³-hybridized carbons (Fsp3) is 0.588. The van der Waals surface area contributed by atoms with E-state index in [0.717, 1.165) is 18.4 Å². The van der Waals surface area contributed by atoms with Crippen LogP contribution in [0, 0.1) is 5.41 Å². The number of carbonyl (C=O) groups is 1. The van der Waals surface area contributed by atoms with Crippen molar-refractivity contribution < 1.29 is 9.90 Å². The molecule has 2 N–H and O–H groups in total. The van der Waals surface area contributed by atoms with E-state index >= 15 is 0 Å². The van der Waals surface area contributed by atoms with Crippen LogP contribution < -0.4 is 5.32 Å². The van der Waals surface area contributed by atoms with E-state index < -0.39 is 0 Å². The number of aryl methyl sites for hydroxylation is 2. The van der Waals surface area contributed by atoms with Gasteiger partial charge in [0.1, 0.15) is 0 Å². The zero-order chi connectivity index (χ0) is 14.3. The molecule has 2 atom stereocenters. The molecule has 3 rings (SSSR count). The topological polar surface area (TPSA) is 49.3 Å². The van der Waals surface area contributed by atoms with Gasteiger partial charge in [-0.3, -0.25) is 4.79 Å². The summed E-state index contributed by atoms with van der Waals surface area (Å²) in [6.45, 7) is 4.00. The Bertz CT molecular complexity index is 536. The molecule has 0 heterocycles. The van der Waals surface area contributed by atoms with E-state index in [0.29, 0.717) is 6.42 Å². The van der Waals surface area contributed by atoms with Crippen LogP contribution in [0.3, 0.4) is 0 Å². The van der Waals surface area contributed by atoms with Gasteiger partial charge in [-0.05, 0) is 55.4 Å². The zero-order valence-corrected chi connectivity index (χ0v) is 12.3. The van der Waals surface area contributed by atoms with Crippen LogP contribution in [-0.4, -0.2) is 23.2 Å². The average molecular weight is 273 g/mol. The number of hydrogen-bond acceptors (Lipinski definition) is 2. The van der Waals surface area contributed by atoms with Crippen molar-refractivity contribution in [3.05, 3.63) is 34.9 Å². The lowest BCUT2D eigenvalue weighted by Crippen LogP contribution is -2.61. The molecule has 1 aromatic carbocycles. The van der Waals surface area contributed by atoms with E-state index in [-0.39, 0.29) is 23.5 Å². The quantitative estimate of drug-likeness (QED) is 0.869. The lowest BCUT2D eigenvalue weighted by atomic mass is 9.64.